The van der Waals surface area contributed by atoms with Crippen LogP contribution < -0.4 is 0 Å². The number of fused-ring (bicyclic) bond motifs is 1. The first kappa shape index (κ1) is 23.1. The van der Waals surface area contributed by atoms with E-state index in [1.165, 1.54) is 6.42 Å². The Balaban J connectivity index is 2.08. The lowest BCUT2D eigenvalue weighted by Gasteiger charge is -2.24. The molecule has 1 aromatic carbocycles. The van der Waals surface area contributed by atoms with Crippen LogP contribution in [0.5, 0.6) is 0 Å². The number of nitrogens with zero attached hydrogens (tertiary/aromatic N) is 3. The van der Waals surface area contributed by atoms with Crippen molar-refractivity contribution in [1.29, 1.82) is 0 Å². The molecular formula is C26H33F2N3. The quantitative estimate of drug-likeness (QED) is 0.261. The molecule has 0 radical (unpaired) electrons. The summed E-state index contributed by atoms with van der Waals surface area (Å²) in [5, 5.41) is 0. The topological polar surface area (TPSA) is 28.0 Å². The minimum absolute atomic E-state index is 0.113. The molecule has 5 heteroatoms. The van der Waals surface area contributed by atoms with Crippen LogP contribution in [0.25, 0.3) is 0 Å². The highest BCUT2D eigenvalue weighted by Crippen LogP contribution is 2.46. The standard InChI is InChI=1S/C26H33F2N3/c1-7-10-24(30-18(4)29-5)22(16-31(6)25-15-19(25)8-2)17(3)20-11-9-12-23-21(20)13-14-26(23,27)28/h7,9-12,16-17,19,25H,1,5,8,13-15H2,2-4,6H3/b22-16-,24-10+,30-18?. The van der Waals surface area contributed by atoms with Gasteiger partial charge in [0, 0.05) is 42.8 Å². The van der Waals surface area contributed by atoms with Gasteiger partial charge < -0.3 is 4.90 Å². The van der Waals surface area contributed by atoms with Crippen LogP contribution in [-0.2, 0) is 12.3 Å². The summed E-state index contributed by atoms with van der Waals surface area (Å²) >= 11 is 0. The third-order valence-corrected chi connectivity index (χ3v) is 6.59. The van der Waals surface area contributed by atoms with Crippen molar-refractivity contribution >= 4 is 12.6 Å². The van der Waals surface area contributed by atoms with E-state index in [9.17, 15) is 8.78 Å². The minimum Gasteiger partial charge on any atom is -0.377 e. The Hall–Kier alpha value is -2.56. The third kappa shape index (κ3) is 4.86. The van der Waals surface area contributed by atoms with Crippen molar-refractivity contribution < 1.29 is 8.78 Å². The second-order valence-electron chi connectivity index (χ2n) is 8.63. The lowest BCUT2D eigenvalue weighted by Crippen LogP contribution is -2.18. The molecule has 0 N–H and O–H groups in total. The monoisotopic (exact) mass is 425 g/mol. The van der Waals surface area contributed by atoms with Crippen LogP contribution in [-0.4, -0.2) is 30.5 Å². The van der Waals surface area contributed by atoms with Crippen molar-refractivity contribution in [2.24, 2.45) is 15.9 Å². The molecule has 1 saturated carbocycles. The first-order chi connectivity index (χ1) is 14.7. The van der Waals surface area contributed by atoms with Crippen LogP contribution in [0.2, 0.25) is 0 Å². The van der Waals surface area contributed by atoms with Gasteiger partial charge in [-0.05, 0) is 49.6 Å². The van der Waals surface area contributed by atoms with E-state index in [0.717, 1.165) is 28.8 Å². The molecule has 2 aliphatic carbocycles. The van der Waals surface area contributed by atoms with Gasteiger partial charge in [0.25, 0.3) is 5.92 Å². The Bertz CT molecular complexity index is 942. The minimum atomic E-state index is -2.75. The first-order valence-corrected chi connectivity index (χ1v) is 11.0. The predicted molar refractivity (Wildman–Crippen MR) is 126 cm³/mol. The Morgan fingerprint density at radius 3 is 2.74 bits per heavy atom. The van der Waals surface area contributed by atoms with Crippen LogP contribution in [0.4, 0.5) is 8.78 Å². The van der Waals surface area contributed by atoms with Crippen molar-refractivity contribution in [3.63, 3.8) is 0 Å². The largest absolute Gasteiger partial charge is 0.377 e. The maximum absolute atomic E-state index is 14.4. The maximum Gasteiger partial charge on any atom is 0.273 e. The highest BCUT2D eigenvalue weighted by Gasteiger charge is 2.41. The number of alkyl halides is 2. The molecule has 0 heterocycles. The second kappa shape index (κ2) is 9.29. The Kier molecular flexibility index (Phi) is 6.93. The van der Waals surface area contributed by atoms with E-state index in [1.807, 2.05) is 12.1 Å². The molecular weight excluding hydrogens is 392 g/mol. The van der Waals surface area contributed by atoms with Gasteiger partial charge in [-0.15, -0.1) is 0 Å². The van der Waals surface area contributed by atoms with E-state index in [1.54, 1.807) is 25.1 Å². The molecule has 3 unspecified atom stereocenters. The Labute approximate surface area is 185 Å². The summed E-state index contributed by atoms with van der Waals surface area (Å²) in [5.41, 5.74) is 3.57. The molecule has 2 aliphatic rings. The fraction of sp³-hybridized carbons (Fsp3) is 0.462. The van der Waals surface area contributed by atoms with Gasteiger partial charge in [-0.1, -0.05) is 51.1 Å². The highest BCUT2D eigenvalue weighted by molar-refractivity contribution is 5.85. The molecule has 0 saturated heterocycles. The summed E-state index contributed by atoms with van der Waals surface area (Å²) in [5.74, 6) is -1.62. The average Bonchev–Trinajstić information content (AvgIpc) is 3.48. The smallest absolute Gasteiger partial charge is 0.273 e. The summed E-state index contributed by atoms with van der Waals surface area (Å²) in [6.45, 7) is 13.5. The van der Waals surface area contributed by atoms with E-state index in [-0.39, 0.29) is 17.9 Å². The zero-order chi connectivity index (χ0) is 22.8. The maximum atomic E-state index is 14.4. The van der Waals surface area contributed by atoms with Gasteiger partial charge in [-0.25, -0.2) is 18.8 Å². The third-order valence-electron chi connectivity index (χ3n) is 6.59. The van der Waals surface area contributed by atoms with E-state index >= 15 is 0 Å². The fourth-order valence-corrected chi connectivity index (χ4v) is 4.62. The van der Waals surface area contributed by atoms with Crippen molar-refractivity contribution in [2.45, 2.75) is 64.3 Å². The van der Waals surface area contributed by atoms with Crippen LogP contribution in [0.15, 0.2) is 64.4 Å². The summed E-state index contributed by atoms with van der Waals surface area (Å²) in [6.07, 6.45) is 8.28. The number of allylic oxidation sites excluding steroid dienone is 3. The first-order valence-electron chi connectivity index (χ1n) is 11.0. The summed E-state index contributed by atoms with van der Waals surface area (Å²) in [4.78, 5) is 10.8. The Morgan fingerprint density at radius 2 is 2.13 bits per heavy atom. The normalized spacial score (nSPS) is 23.9. The SMILES string of the molecule is C=C/C=C(N=C(C)N=C)\C(=C/N(C)C1CC1CC)C(C)c1cccc2c1CCC2(F)F. The molecule has 3 atom stereocenters. The van der Waals surface area contributed by atoms with E-state index in [0.29, 0.717) is 24.2 Å². The fourth-order valence-electron chi connectivity index (χ4n) is 4.62. The van der Waals surface area contributed by atoms with E-state index < -0.39 is 5.92 Å². The molecule has 166 valence electrons. The Morgan fingerprint density at radius 1 is 1.39 bits per heavy atom. The number of hydrogen-bond acceptors (Lipinski definition) is 2. The van der Waals surface area contributed by atoms with Gasteiger partial charge in [0.05, 0.1) is 5.70 Å². The zero-order valence-electron chi connectivity index (χ0n) is 19.0. The number of benzene rings is 1. The van der Waals surface area contributed by atoms with Crippen molar-refractivity contribution in [3.05, 3.63) is 71.1 Å². The van der Waals surface area contributed by atoms with Crippen molar-refractivity contribution in [3.8, 4) is 0 Å². The molecule has 0 bridgehead atoms. The average molecular weight is 426 g/mol. The number of rotatable bonds is 8. The molecule has 3 nitrogen and oxygen atoms in total. The molecule has 0 aliphatic heterocycles. The van der Waals surface area contributed by atoms with E-state index in [2.05, 4.69) is 55.3 Å². The van der Waals surface area contributed by atoms with Gasteiger partial charge >= 0.3 is 0 Å². The highest BCUT2D eigenvalue weighted by atomic mass is 19.3. The van der Waals surface area contributed by atoms with Gasteiger partial charge in [0.15, 0.2) is 0 Å². The van der Waals surface area contributed by atoms with Crippen molar-refractivity contribution in [1.82, 2.24) is 4.90 Å². The van der Waals surface area contributed by atoms with Gasteiger partial charge in [-0.3, -0.25) is 0 Å². The van der Waals surface area contributed by atoms with Crippen molar-refractivity contribution in [2.75, 3.05) is 7.05 Å². The lowest BCUT2D eigenvalue weighted by atomic mass is 9.86. The molecule has 3 rings (SSSR count). The van der Waals surface area contributed by atoms with Crippen LogP contribution in [0, 0.1) is 5.92 Å². The molecule has 1 fully saturated rings. The number of amidine groups is 1. The van der Waals surface area contributed by atoms with E-state index in [4.69, 9.17) is 0 Å². The zero-order valence-corrected chi connectivity index (χ0v) is 19.0. The number of aliphatic imine (C=N–C) groups is 2. The van der Waals surface area contributed by atoms with Gasteiger partial charge in [0.1, 0.15) is 5.84 Å². The number of hydrogen-bond donors (Lipinski definition) is 0. The van der Waals surface area contributed by atoms with Crippen LogP contribution in [0.3, 0.4) is 0 Å². The lowest BCUT2D eigenvalue weighted by molar-refractivity contribution is -0.00184. The summed E-state index contributed by atoms with van der Waals surface area (Å²) in [7, 11) is 2.09. The predicted octanol–water partition coefficient (Wildman–Crippen LogP) is 6.63. The molecule has 0 spiro atoms. The second-order valence-corrected chi connectivity index (χ2v) is 8.63. The van der Waals surface area contributed by atoms with Gasteiger partial charge in [-0.2, -0.15) is 0 Å². The summed E-state index contributed by atoms with van der Waals surface area (Å²) < 4.78 is 28.8. The molecule has 0 aromatic heterocycles. The summed E-state index contributed by atoms with van der Waals surface area (Å²) in [6, 6.07) is 5.79. The molecule has 31 heavy (non-hydrogen) atoms. The van der Waals surface area contributed by atoms with Crippen LogP contribution in [0.1, 0.15) is 62.6 Å². The molecule has 1 aromatic rings. The van der Waals surface area contributed by atoms with Gasteiger partial charge in [0.2, 0.25) is 0 Å². The number of halogens is 2. The van der Waals surface area contributed by atoms with Crippen LogP contribution >= 0.6 is 0 Å². The molecule has 0 amide bonds.